The molecule has 5 nitrogen and oxygen atoms in total. The fourth-order valence-electron chi connectivity index (χ4n) is 3.05. The predicted octanol–water partition coefficient (Wildman–Crippen LogP) is 2.46. The smallest absolute Gasteiger partial charge is 0.307 e. The predicted molar refractivity (Wildman–Crippen MR) is 83.3 cm³/mol. The molecule has 0 aromatic heterocycles. The van der Waals surface area contributed by atoms with Crippen LogP contribution >= 0.6 is 15.9 Å². The summed E-state index contributed by atoms with van der Waals surface area (Å²) in [7, 11) is 0. The van der Waals surface area contributed by atoms with Gasteiger partial charge in [-0.15, -0.1) is 0 Å². The van der Waals surface area contributed by atoms with E-state index in [0.717, 1.165) is 10.0 Å². The number of rotatable bonds is 3. The number of hydrogen-bond donors (Lipinski definition) is 1. The molecular formula is C16H18BrNO4. The van der Waals surface area contributed by atoms with Crippen LogP contribution in [-0.4, -0.2) is 41.6 Å². The Morgan fingerprint density at radius 1 is 1.18 bits per heavy atom. The summed E-state index contributed by atoms with van der Waals surface area (Å²) in [4.78, 5) is 25.4. The topological polar surface area (TPSA) is 66.8 Å². The summed E-state index contributed by atoms with van der Waals surface area (Å²) < 4.78 is 6.76. The molecule has 2 aliphatic rings. The van der Waals surface area contributed by atoms with Crippen LogP contribution in [0.3, 0.4) is 0 Å². The van der Waals surface area contributed by atoms with Crippen LogP contribution < -0.4 is 0 Å². The molecule has 0 spiro atoms. The van der Waals surface area contributed by atoms with Crippen LogP contribution in [0.25, 0.3) is 0 Å². The van der Waals surface area contributed by atoms with E-state index in [1.54, 1.807) is 4.90 Å². The van der Waals surface area contributed by atoms with Crippen LogP contribution in [0.15, 0.2) is 28.7 Å². The third-order valence-electron chi connectivity index (χ3n) is 4.53. The van der Waals surface area contributed by atoms with Crippen molar-refractivity contribution in [1.29, 1.82) is 0 Å². The normalized spacial score (nSPS) is 28.0. The van der Waals surface area contributed by atoms with Gasteiger partial charge in [-0.2, -0.15) is 0 Å². The Kier molecular flexibility index (Phi) is 4.49. The van der Waals surface area contributed by atoms with Crippen molar-refractivity contribution in [3.8, 4) is 0 Å². The van der Waals surface area contributed by atoms with E-state index in [1.165, 1.54) is 0 Å². The number of carbonyl (C=O) groups excluding carboxylic acids is 1. The van der Waals surface area contributed by atoms with E-state index in [4.69, 9.17) is 9.84 Å². The summed E-state index contributed by atoms with van der Waals surface area (Å²) in [6.07, 6.45) is 1.14. The minimum absolute atomic E-state index is 0.0379. The van der Waals surface area contributed by atoms with Gasteiger partial charge in [-0.3, -0.25) is 9.59 Å². The average molecular weight is 368 g/mol. The lowest BCUT2D eigenvalue weighted by atomic mass is 9.73. The molecule has 6 heteroatoms. The first-order valence-corrected chi connectivity index (χ1v) is 8.24. The molecule has 1 aliphatic carbocycles. The van der Waals surface area contributed by atoms with Crippen molar-refractivity contribution in [3.63, 3.8) is 0 Å². The molecule has 0 radical (unpaired) electrons. The first-order chi connectivity index (χ1) is 10.6. The summed E-state index contributed by atoms with van der Waals surface area (Å²) in [5.41, 5.74) is 1.03. The second-order valence-corrected chi connectivity index (χ2v) is 6.74. The molecule has 1 aromatic carbocycles. The van der Waals surface area contributed by atoms with E-state index in [0.29, 0.717) is 32.5 Å². The zero-order valence-corrected chi connectivity index (χ0v) is 13.7. The van der Waals surface area contributed by atoms with Gasteiger partial charge >= 0.3 is 5.97 Å². The van der Waals surface area contributed by atoms with Gasteiger partial charge in [0.2, 0.25) is 5.91 Å². The van der Waals surface area contributed by atoms with Gasteiger partial charge in [0, 0.05) is 11.0 Å². The van der Waals surface area contributed by atoms with Crippen LogP contribution in [0.5, 0.6) is 0 Å². The Labute approximate surface area is 137 Å². The fraction of sp³-hybridized carbons (Fsp3) is 0.500. The number of carbonyl (C=O) groups is 2. The van der Waals surface area contributed by atoms with Crippen molar-refractivity contribution in [2.24, 2.45) is 11.8 Å². The van der Waals surface area contributed by atoms with Gasteiger partial charge in [0.15, 0.2) is 0 Å². The van der Waals surface area contributed by atoms with Gasteiger partial charge in [0.25, 0.3) is 0 Å². The highest BCUT2D eigenvalue weighted by atomic mass is 79.9. The van der Waals surface area contributed by atoms with Crippen molar-refractivity contribution >= 4 is 27.8 Å². The van der Waals surface area contributed by atoms with Gasteiger partial charge in [0.05, 0.1) is 25.0 Å². The number of aliphatic carboxylic acids is 1. The summed E-state index contributed by atoms with van der Waals surface area (Å²) in [5, 5.41) is 9.11. The Bertz CT molecular complexity index is 574. The van der Waals surface area contributed by atoms with Crippen LogP contribution in [-0.2, 0) is 14.3 Å². The standard InChI is InChI=1S/C16H18BrNO4/c17-11-3-1-10(2-4-11)14-9-18(7-8-22-14)15(19)12-5-6-13(12)16(20)21/h1-4,12-14H,5-9H2,(H,20,21). The first kappa shape index (κ1) is 15.5. The van der Waals surface area contributed by atoms with E-state index in [1.807, 2.05) is 24.3 Å². The van der Waals surface area contributed by atoms with E-state index < -0.39 is 11.9 Å². The molecule has 0 bridgehead atoms. The lowest BCUT2D eigenvalue weighted by Crippen LogP contribution is -2.50. The van der Waals surface area contributed by atoms with E-state index in [-0.39, 0.29) is 17.9 Å². The minimum Gasteiger partial charge on any atom is -0.481 e. The van der Waals surface area contributed by atoms with Crippen LogP contribution in [0.4, 0.5) is 0 Å². The van der Waals surface area contributed by atoms with Crippen LogP contribution in [0.1, 0.15) is 24.5 Å². The maximum absolute atomic E-state index is 12.5. The largest absolute Gasteiger partial charge is 0.481 e. The lowest BCUT2D eigenvalue weighted by Gasteiger charge is -2.39. The van der Waals surface area contributed by atoms with E-state index in [9.17, 15) is 9.59 Å². The van der Waals surface area contributed by atoms with Crippen molar-refractivity contribution in [3.05, 3.63) is 34.3 Å². The number of hydrogen-bond acceptors (Lipinski definition) is 3. The SMILES string of the molecule is O=C(O)C1CCC1C(=O)N1CCOC(c2ccc(Br)cc2)C1. The Morgan fingerprint density at radius 2 is 1.86 bits per heavy atom. The van der Waals surface area contributed by atoms with Crippen molar-refractivity contribution in [1.82, 2.24) is 4.90 Å². The van der Waals surface area contributed by atoms with Crippen molar-refractivity contribution in [2.45, 2.75) is 18.9 Å². The number of morpholine rings is 1. The number of ether oxygens (including phenoxy) is 1. The van der Waals surface area contributed by atoms with E-state index >= 15 is 0 Å². The molecule has 22 heavy (non-hydrogen) atoms. The van der Waals surface area contributed by atoms with Crippen molar-refractivity contribution in [2.75, 3.05) is 19.7 Å². The third-order valence-corrected chi connectivity index (χ3v) is 5.06. The summed E-state index contributed by atoms with van der Waals surface area (Å²) >= 11 is 3.40. The van der Waals surface area contributed by atoms with Crippen molar-refractivity contribution < 1.29 is 19.4 Å². The Balaban J connectivity index is 1.66. The summed E-state index contributed by atoms with van der Waals surface area (Å²) in [6, 6.07) is 7.86. The number of carboxylic acid groups (broad SMARTS) is 1. The molecule has 118 valence electrons. The Morgan fingerprint density at radius 3 is 2.45 bits per heavy atom. The fourth-order valence-corrected chi connectivity index (χ4v) is 3.32. The molecule has 3 atom stereocenters. The highest BCUT2D eigenvalue weighted by Gasteiger charge is 2.44. The molecule has 1 aliphatic heterocycles. The highest BCUT2D eigenvalue weighted by molar-refractivity contribution is 9.10. The molecule has 1 heterocycles. The monoisotopic (exact) mass is 367 g/mol. The third kappa shape index (κ3) is 3.03. The lowest BCUT2D eigenvalue weighted by molar-refractivity contribution is -0.160. The number of nitrogens with zero attached hydrogens (tertiary/aromatic N) is 1. The Hall–Kier alpha value is -1.40. The molecule has 1 amide bonds. The summed E-state index contributed by atoms with van der Waals surface area (Å²) in [5.74, 6) is -1.77. The first-order valence-electron chi connectivity index (χ1n) is 7.45. The number of benzene rings is 1. The van der Waals surface area contributed by atoms with Crippen LogP contribution in [0, 0.1) is 11.8 Å². The van der Waals surface area contributed by atoms with Gasteiger partial charge in [-0.1, -0.05) is 28.1 Å². The molecular weight excluding hydrogens is 350 g/mol. The van der Waals surface area contributed by atoms with Gasteiger partial charge in [0.1, 0.15) is 6.10 Å². The molecule has 1 saturated carbocycles. The second-order valence-electron chi connectivity index (χ2n) is 5.82. The number of carboxylic acids is 1. The van der Waals surface area contributed by atoms with Crippen LogP contribution in [0.2, 0.25) is 0 Å². The average Bonchev–Trinajstić information content (AvgIpc) is 2.46. The minimum atomic E-state index is -0.859. The number of halogens is 1. The highest BCUT2D eigenvalue weighted by Crippen LogP contribution is 2.37. The maximum atomic E-state index is 12.5. The molecule has 1 N–H and O–H groups in total. The quantitative estimate of drug-likeness (QED) is 0.890. The second kappa shape index (κ2) is 6.38. The zero-order valence-electron chi connectivity index (χ0n) is 12.1. The molecule has 3 rings (SSSR count). The van der Waals surface area contributed by atoms with Gasteiger partial charge in [-0.05, 0) is 30.5 Å². The van der Waals surface area contributed by atoms with Gasteiger partial charge < -0.3 is 14.7 Å². The molecule has 3 unspecified atom stereocenters. The molecule has 2 fully saturated rings. The molecule has 1 aromatic rings. The van der Waals surface area contributed by atoms with Gasteiger partial charge in [-0.25, -0.2) is 0 Å². The maximum Gasteiger partial charge on any atom is 0.307 e. The molecule has 1 saturated heterocycles. The zero-order chi connectivity index (χ0) is 15.7. The van der Waals surface area contributed by atoms with E-state index in [2.05, 4.69) is 15.9 Å². The summed E-state index contributed by atoms with van der Waals surface area (Å²) in [6.45, 7) is 1.51. The number of amides is 1.